The molecule has 2 fully saturated rings. The van der Waals surface area contributed by atoms with Crippen LogP contribution < -0.4 is 9.47 Å². The second kappa shape index (κ2) is 6.98. The average molecular weight is 418 g/mol. The fraction of sp³-hybridized carbons (Fsp3) is 0.385. The van der Waals surface area contributed by atoms with Crippen LogP contribution in [0.1, 0.15) is 55.1 Å². The molecule has 5 nitrogen and oxygen atoms in total. The van der Waals surface area contributed by atoms with Gasteiger partial charge in [0.2, 0.25) is 6.79 Å². The zero-order valence-electron chi connectivity index (χ0n) is 18.4. The van der Waals surface area contributed by atoms with Gasteiger partial charge >= 0.3 is 5.97 Å². The van der Waals surface area contributed by atoms with Gasteiger partial charge in [0.05, 0.1) is 11.3 Å². The summed E-state index contributed by atoms with van der Waals surface area (Å²) in [5.74, 6) is 1.45. The normalized spacial score (nSPS) is 27.8. The molecule has 2 atom stereocenters. The molecule has 0 spiro atoms. The fourth-order valence-corrected chi connectivity index (χ4v) is 5.29. The highest BCUT2D eigenvalue weighted by Crippen LogP contribution is 2.66. The molecule has 0 radical (unpaired) electrons. The number of aryl methyl sites for hydroxylation is 1. The first-order valence-electron chi connectivity index (χ1n) is 10.8. The predicted octanol–water partition coefficient (Wildman–Crippen LogP) is 5.78. The Labute approximate surface area is 182 Å². The van der Waals surface area contributed by atoms with E-state index in [-0.39, 0.29) is 17.6 Å². The molecular weight excluding hydrogens is 390 g/mol. The summed E-state index contributed by atoms with van der Waals surface area (Å²) in [6, 6.07) is 13.3. The minimum atomic E-state index is -0.431. The Hall–Kier alpha value is -3.08. The van der Waals surface area contributed by atoms with Crippen LogP contribution in [0.2, 0.25) is 0 Å². The third-order valence-corrected chi connectivity index (χ3v) is 7.62. The molecule has 0 unspecified atom stereocenters. The van der Waals surface area contributed by atoms with E-state index in [1.54, 1.807) is 12.1 Å². The molecule has 2 bridgehead atoms. The van der Waals surface area contributed by atoms with Crippen LogP contribution >= 0.6 is 0 Å². The maximum atomic E-state index is 12.6. The van der Waals surface area contributed by atoms with E-state index < -0.39 is 5.97 Å². The zero-order valence-corrected chi connectivity index (χ0v) is 18.4. The lowest BCUT2D eigenvalue weighted by Crippen LogP contribution is -2.33. The number of allylic oxidation sites excluding steroid dienone is 1. The van der Waals surface area contributed by atoms with Crippen molar-refractivity contribution in [3.8, 4) is 11.5 Å². The number of benzene rings is 2. The maximum Gasteiger partial charge on any atom is 0.365 e. The van der Waals surface area contributed by atoms with Crippen molar-refractivity contribution in [2.24, 2.45) is 21.9 Å². The first-order chi connectivity index (χ1) is 14.8. The zero-order chi connectivity index (χ0) is 21.8. The third-order valence-electron chi connectivity index (χ3n) is 7.62. The Bertz CT molecular complexity index is 1110. The number of fused-ring (bicyclic) bond motifs is 3. The number of carbonyl (C=O) groups excluding carboxylic acids is 1. The summed E-state index contributed by atoms with van der Waals surface area (Å²) >= 11 is 0. The number of hydrogen-bond donors (Lipinski definition) is 0. The molecule has 0 N–H and O–H groups in total. The van der Waals surface area contributed by atoms with E-state index in [1.165, 1.54) is 0 Å². The summed E-state index contributed by atoms with van der Waals surface area (Å²) in [6.07, 6.45) is 4.30. The van der Waals surface area contributed by atoms with E-state index in [4.69, 9.17) is 14.3 Å². The van der Waals surface area contributed by atoms with Gasteiger partial charge in [-0.25, -0.2) is 4.79 Å². The van der Waals surface area contributed by atoms with Crippen LogP contribution in [0.25, 0.3) is 6.08 Å². The molecule has 2 aliphatic carbocycles. The number of nitrogens with zero attached hydrogens (tertiary/aromatic N) is 1. The monoisotopic (exact) mass is 417 g/mol. The predicted molar refractivity (Wildman–Crippen MR) is 119 cm³/mol. The van der Waals surface area contributed by atoms with Gasteiger partial charge < -0.3 is 14.3 Å². The molecule has 2 saturated carbocycles. The summed E-state index contributed by atoms with van der Waals surface area (Å²) in [5.41, 5.74) is 4.55. The van der Waals surface area contributed by atoms with Gasteiger partial charge in [0.25, 0.3) is 0 Å². The van der Waals surface area contributed by atoms with E-state index >= 15 is 0 Å². The third kappa shape index (κ3) is 3.06. The van der Waals surface area contributed by atoms with Crippen LogP contribution in [0.5, 0.6) is 11.5 Å². The van der Waals surface area contributed by atoms with Crippen molar-refractivity contribution in [2.75, 3.05) is 6.79 Å². The average Bonchev–Trinajstić information content (AvgIpc) is 3.34. The number of ether oxygens (including phenoxy) is 2. The van der Waals surface area contributed by atoms with Crippen molar-refractivity contribution in [2.45, 2.75) is 40.5 Å². The lowest BCUT2D eigenvalue weighted by atomic mass is 9.70. The fourth-order valence-electron chi connectivity index (χ4n) is 5.29. The van der Waals surface area contributed by atoms with Gasteiger partial charge in [-0.15, -0.1) is 0 Å². The lowest BCUT2D eigenvalue weighted by molar-refractivity contribution is 0.0509. The van der Waals surface area contributed by atoms with Crippen LogP contribution in [-0.4, -0.2) is 18.5 Å². The van der Waals surface area contributed by atoms with Gasteiger partial charge in [-0.3, -0.25) is 0 Å². The molecule has 3 aliphatic rings. The minimum Gasteiger partial charge on any atom is -0.454 e. The van der Waals surface area contributed by atoms with E-state index in [0.29, 0.717) is 11.5 Å². The van der Waals surface area contributed by atoms with Crippen LogP contribution in [0.4, 0.5) is 0 Å². The number of oxime groups is 1. The maximum absolute atomic E-state index is 12.6. The van der Waals surface area contributed by atoms with Crippen LogP contribution in [-0.2, 0) is 4.84 Å². The van der Waals surface area contributed by atoms with Gasteiger partial charge in [-0.2, -0.15) is 0 Å². The highest BCUT2D eigenvalue weighted by Gasteiger charge is 2.63. The van der Waals surface area contributed by atoms with Crippen molar-refractivity contribution in [3.05, 3.63) is 64.7 Å². The van der Waals surface area contributed by atoms with Crippen LogP contribution in [0, 0.1) is 23.7 Å². The Morgan fingerprint density at radius 2 is 1.84 bits per heavy atom. The van der Waals surface area contributed by atoms with E-state index in [0.717, 1.165) is 46.8 Å². The minimum absolute atomic E-state index is 0.0320. The van der Waals surface area contributed by atoms with E-state index in [9.17, 15) is 4.79 Å². The first-order valence-corrected chi connectivity index (χ1v) is 10.8. The molecule has 0 saturated heterocycles. The van der Waals surface area contributed by atoms with E-state index in [2.05, 4.69) is 32.0 Å². The van der Waals surface area contributed by atoms with Crippen molar-refractivity contribution < 1.29 is 19.1 Å². The van der Waals surface area contributed by atoms with Crippen molar-refractivity contribution in [1.29, 1.82) is 0 Å². The largest absolute Gasteiger partial charge is 0.454 e. The van der Waals surface area contributed by atoms with Gasteiger partial charge in [-0.05, 0) is 72.6 Å². The molecule has 31 heavy (non-hydrogen) atoms. The molecule has 1 heterocycles. The van der Waals surface area contributed by atoms with Crippen molar-refractivity contribution in [3.63, 3.8) is 0 Å². The number of hydrogen-bond acceptors (Lipinski definition) is 5. The highest BCUT2D eigenvalue weighted by atomic mass is 16.7. The smallest absolute Gasteiger partial charge is 0.365 e. The molecule has 2 aromatic carbocycles. The van der Waals surface area contributed by atoms with Crippen LogP contribution in [0.15, 0.2) is 53.2 Å². The quantitative estimate of drug-likeness (QED) is 0.469. The summed E-state index contributed by atoms with van der Waals surface area (Å²) < 4.78 is 11.0. The Morgan fingerprint density at radius 3 is 2.61 bits per heavy atom. The lowest BCUT2D eigenvalue weighted by Gasteiger charge is -2.33. The summed E-state index contributed by atoms with van der Waals surface area (Å²) in [7, 11) is 0. The standard InChI is InChI=1S/C26H27NO4/c1-16-5-8-18(9-6-16)24(28)31-27-23-19(20-11-12-26(23,4)25(20,2)3)13-17-7-10-21-22(14-17)30-15-29-21/h5-10,13-14,20H,11-12,15H2,1-4H3/b19-13+,27-23+/t20-,26-/m1/s1. The SMILES string of the molecule is Cc1ccc(C(=O)O/N=C2\C(=C\c3ccc4c(c3)OCO4)[C@H]3CC[C@@]2(C)C3(C)C)cc1. The molecule has 160 valence electrons. The van der Waals surface area contributed by atoms with Gasteiger partial charge in [0, 0.05) is 5.41 Å². The topological polar surface area (TPSA) is 57.1 Å². The molecule has 0 amide bonds. The van der Waals surface area contributed by atoms with Crippen LogP contribution in [0.3, 0.4) is 0 Å². The molecule has 5 rings (SSSR count). The Kier molecular flexibility index (Phi) is 4.47. The molecule has 1 aliphatic heterocycles. The summed E-state index contributed by atoms with van der Waals surface area (Å²) in [6.45, 7) is 9.07. The Morgan fingerprint density at radius 1 is 1.10 bits per heavy atom. The van der Waals surface area contributed by atoms with Gasteiger partial charge in [0.1, 0.15) is 0 Å². The number of rotatable bonds is 3. The molecule has 5 heteroatoms. The number of carbonyl (C=O) groups is 1. The van der Waals surface area contributed by atoms with E-state index in [1.807, 2.05) is 37.3 Å². The second-order valence-electron chi connectivity index (χ2n) is 9.54. The van der Waals surface area contributed by atoms with Crippen molar-refractivity contribution in [1.82, 2.24) is 0 Å². The summed E-state index contributed by atoms with van der Waals surface area (Å²) in [5, 5.41) is 4.46. The summed E-state index contributed by atoms with van der Waals surface area (Å²) in [4.78, 5) is 18.1. The first kappa shape index (κ1) is 19.9. The molecular formula is C26H27NO4. The van der Waals surface area contributed by atoms with Crippen molar-refractivity contribution >= 4 is 17.8 Å². The van der Waals surface area contributed by atoms with Gasteiger partial charge in [-0.1, -0.05) is 49.7 Å². The molecule has 0 aromatic heterocycles. The second-order valence-corrected chi connectivity index (χ2v) is 9.54. The highest BCUT2D eigenvalue weighted by molar-refractivity contribution is 6.11. The van der Waals surface area contributed by atoms with Gasteiger partial charge in [0.15, 0.2) is 11.5 Å². The Balaban J connectivity index is 1.51. The molecule has 2 aromatic rings.